The van der Waals surface area contributed by atoms with Crippen molar-refractivity contribution in [2.45, 2.75) is 90.1 Å². The molecule has 0 N–H and O–H groups in total. The summed E-state index contributed by atoms with van der Waals surface area (Å²) in [6.07, 6.45) is 17.1. The van der Waals surface area contributed by atoms with Gasteiger partial charge in [0.25, 0.3) is 0 Å². The third kappa shape index (κ3) is 5.36. The lowest BCUT2D eigenvalue weighted by Crippen LogP contribution is -2.40. The summed E-state index contributed by atoms with van der Waals surface area (Å²) in [5, 5.41) is 0. The van der Waals surface area contributed by atoms with Crippen molar-refractivity contribution in [1.29, 1.82) is 0 Å². The molecule has 1 saturated carbocycles. The van der Waals surface area contributed by atoms with Crippen molar-refractivity contribution in [2.75, 3.05) is 19.6 Å². The van der Waals surface area contributed by atoms with Crippen molar-refractivity contribution in [1.82, 2.24) is 19.8 Å². The Morgan fingerprint density at radius 1 is 1.07 bits per heavy atom. The lowest BCUT2D eigenvalue weighted by molar-refractivity contribution is -0.130. The summed E-state index contributed by atoms with van der Waals surface area (Å²) in [5.74, 6) is 2.79. The summed E-state index contributed by atoms with van der Waals surface area (Å²) in [7, 11) is 0. The first-order valence-corrected chi connectivity index (χ1v) is 12.0. The van der Waals surface area contributed by atoms with Crippen molar-refractivity contribution >= 4 is 5.91 Å². The Kier molecular flexibility index (Phi) is 7.17. The Hall–Kier alpha value is -1.49. The average Bonchev–Trinajstić information content (AvgIpc) is 3.37. The van der Waals surface area contributed by atoms with E-state index in [2.05, 4.69) is 26.7 Å². The fourth-order valence-corrected chi connectivity index (χ4v) is 5.67. The zero-order valence-corrected chi connectivity index (χ0v) is 18.2. The molecule has 5 nitrogen and oxygen atoms in total. The highest BCUT2D eigenvalue weighted by atomic mass is 16.2. The van der Waals surface area contributed by atoms with Crippen LogP contribution >= 0.6 is 0 Å². The molecule has 3 heterocycles. The van der Waals surface area contributed by atoms with Crippen LogP contribution in [-0.4, -0.2) is 51.4 Å². The summed E-state index contributed by atoms with van der Waals surface area (Å²) in [6, 6.07) is 0.503. The number of aromatic nitrogens is 2. The molecule has 29 heavy (non-hydrogen) atoms. The molecule has 160 valence electrons. The molecule has 0 radical (unpaired) electrons. The van der Waals surface area contributed by atoms with Crippen LogP contribution in [0, 0.1) is 11.8 Å². The lowest BCUT2D eigenvalue weighted by atomic mass is 9.98. The Labute approximate surface area is 176 Å². The van der Waals surface area contributed by atoms with Crippen LogP contribution in [0.4, 0.5) is 0 Å². The SMILES string of the molecule is CCCc1ncc(CN2CCCC[C@H]3CN(C(=O)CCC4CCCC4)C[C@H]32)cn1. The molecule has 0 bridgehead atoms. The van der Waals surface area contributed by atoms with E-state index in [0.717, 1.165) is 63.6 Å². The molecule has 0 spiro atoms. The predicted molar refractivity (Wildman–Crippen MR) is 115 cm³/mol. The van der Waals surface area contributed by atoms with E-state index in [9.17, 15) is 4.79 Å². The molecular weight excluding hydrogens is 360 g/mol. The van der Waals surface area contributed by atoms with Gasteiger partial charge in [-0.1, -0.05) is 39.0 Å². The number of aryl methyl sites for hydroxylation is 1. The summed E-state index contributed by atoms with van der Waals surface area (Å²) in [4.78, 5) is 26.8. The predicted octanol–water partition coefficient (Wildman–Crippen LogP) is 4.21. The van der Waals surface area contributed by atoms with E-state index < -0.39 is 0 Å². The third-order valence-electron chi connectivity index (χ3n) is 7.36. The van der Waals surface area contributed by atoms with Crippen LogP contribution in [0.2, 0.25) is 0 Å². The van der Waals surface area contributed by atoms with E-state index in [0.29, 0.717) is 17.9 Å². The lowest BCUT2D eigenvalue weighted by Gasteiger charge is -2.30. The molecule has 3 fully saturated rings. The number of rotatable bonds is 7. The van der Waals surface area contributed by atoms with Gasteiger partial charge in [0.15, 0.2) is 0 Å². The van der Waals surface area contributed by atoms with Crippen molar-refractivity contribution in [3.63, 3.8) is 0 Å². The molecule has 2 aliphatic heterocycles. The number of fused-ring (bicyclic) bond motifs is 1. The van der Waals surface area contributed by atoms with E-state index in [-0.39, 0.29) is 0 Å². The van der Waals surface area contributed by atoms with Gasteiger partial charge in [0.05, 0.1) is 0 Å². The number of carbonyl (C=O) groups is 1. The molecule has 2 atom stereocenters. The van der Waals surface area contributed by atoms with Crippen LogP contribution in [0.1, 0.15) is 82.5 Å². The molecule has 1 amide bonds. The van der Waals surface area contributed by atoms with Gasteiger partial charge in [-0.25, -0.2) is 9.97 Å². The highest BCUT2D eigenvalue weighted by Crippen LogP contribution is 2.33. The fraction of sp³-hybridized carbons (Fsp3) is 0.792. The minimum Gasteiger partial charge on any atom is -0.341 e. The van der Waals surface area contributed by atoms with Gasteiger partial charge in [-0.15, -0.1) is 0 Å². The largest absolute Gasteiger partial charge is 0.341 e. The number of hydrogen-bond acceptors (Lipinski definition) is 4. The number of nitrogens with zero attached hydrogens (tertiary/aromatic N) is 4. The Morgan fingerprint density at radius 3 is 2.59 bits per heavy atom. The second-order valence-corrected chi connectivity index (χ2v) is 9.54. The first-order valence-electron chi connectivity index (χ1n) is 12.0. The molecule has 3 aliphatic rings. The van der Waals surface area contributed by atoms with Crippen molar-refractivity contribution in [3.8, 4) is 0 Å². The van der Waals surface area contributed by atoms with Gasteiger partial charge in [0.1, 0.15) is 5.82 Å². The maximum absolute atomic E-state index is 12.9. The fourth-order valence-electron chi connectivity index (χ4n) is 5.67. The minimum atomic E-state index is 0.400. The van der Waals surface area contributed by atoms with Crippen LogP contribution in [0.5, 0.6) is 0 Å². The third-order valence-corrected chi connectivity index (χ3v) is 7.36. The first kappa shape index (κ1) is 20.8. The number of amides is 1. The van der Waals surface area contributed by atoms with Gasteiger partial charge in [-0.2, -0.15) is 0 Å². The van der Waals surface area contributed by atoms with Crippen molar-refractivity contribution in [3.05, 3.63) is 23.8 Å². The van der Waals surface area contributed by atoms with E-state index in [1.165, 1.54) is 50.5 Å². The second kappa shape index (κ2) is 10.0. The van der Waals surface area contributed by atoms with Crippen LogP contribution in [-0.2, 0) is 17.8 Å². The number of carbonyl (C=O) groups excluding carboxylic acids is 1. The van der Waals surface area contributed by atoms with Crippen LogP contribution in [0.3, 0.4) is 0 Å². The summed E-state index contributed by atoms with van der Waals surface area (Å²) < 4.78 is 0. The molecule has 0 aromatic carbocycles. The standard InChI is InChI=1S/C24H38N4O/c1-2-7-23-25-14-20(15-26-23)16-27-13-6-5-10-21-17-28(18-22(21)27)24(29)12-11-19-8-3-4-9-19/h14-15,19,21-22H,2-13,16-18H2,1H3/t21-,22+/m0/s1. The van der Waals surface area contributed by atoms with Crippen molar-refractivity contribution < 1.29 is 4.79 Å². The van der Waals surface area contributed by atoms with Gasteiger partial charge in [-0.3, -0.25) is 9.69 Å². The molecule has 1 aromatic heterocycles. The maximum atomic E-state index is 12.9. The quantitative estimate of drug-likeness (QED) is 0.690. The summed E-state index contributed by atoms with van der Waals surface area (Å²) >= 11 is 0. The zero-order chi connectivity index (χ0) is 20.1. The summed E-state index contributed by atoms with van der Waals surface area (Å²) in [6.45, 7) is 6.09. The molecule has 4 rings (SSSR count). The molecule has 2 saturated heterocycles. The van der Waals surface area contributed by atoms with Crippen LogP contribution < -0.4 is 0 Å². The molecule has 5 heteroatoms. The maximum Gasteiger partial charge on any atom is 0.222 e. The topological polar surface area (TPSA) is 49.3 Å². The number of hydrogen-bond donors (Lipinski definition) is 0. The Bertz CT molecular complexity index is 655. The minimum absolute atomic E-state index is 0.400. The highest BCUT2D eigenvalue weighted by Gasteiger charge is 2.39. The first-order chi connectivity index (χ1) is 14.2. The van der Waals surface area contributed by atoms with Crippen LogP contribution in [0.25, 0.3) is 0 Å². The Balaban J connectivity index is 1.34. The van der Waals surface area contributed by atoms with Crippen LogP contribution in [0.15, 0.2) is 12.4 Å². The van der Waals surface area contributed by atoms with E-state index in [4.69, 9.17) is 0 Å². The second-order valence-electron chi connectivity index (χ2n) is 9.54. The molecule has 1 aliphatic carbocycles. The Morgan fingerprint density at radius 2 is 1.83 bits per heavy atom. The summed E-state index contributed by atoms with van der Waals surface area (Å²) in [5.41, 5.74) is 1.21. The average molecular weight is 399 g/mol. The van der Waals surface area contributed by atoms with Gasteiger partial charge >= 0.3 is 0 Å². The smallest absolute Gasteiger partial charge is 0.222 e. The molecule has 1 aromatic rings. The monoisotopic (exact) mass is 398 g/mol. The van der Waals surface area contributed by atoms with Crippen molar-refractivity contribution in [2.24, 2.45) is 11.8 Å². The van der Waals surface area contributed by atoms with Gasteiger partial charge < -0.3 is 4.90 Å². The van der Waals surface area contributed by atoms with Gasteiger partial charge in [0, 0.05) is 56.5 Å². The normalized spacial score (nSPS) is 25.9. The number of likely N-dealkylation sites (tertiary alicyclic amines) is 2. The van der Waals surface area contributed by atoms with E-state index >= 15 is 0 Å². The molecule has 0 unspecified atom stereocenters. The van der Waals surface area contributed by atoms with Gasteiger partial charge in [0.2, 0.25) is 5.91 Å². The van der Waals surface area contributed by atoms with E-state index in [1.54, 1.807) is 0 Å². The zero-order valence-electron chi connectivity index (χ0n) is 18.2. The van der Waals surface area contributed by atoms with Gasteiger partial charge in [-0.05, 0) is 44.1 Å². The molecular formula is C24H38N4O. The highest BCUT2D eigenvalue weighted by molar-refractivity contribution is 5.76. The van der Waals surface area contributed by atoms with E-state index in [1.807, 2.05) is 12.4 Å².